The molecule has 0 aliphatic carbocycles. The van der Waals surface area contributed by atoms with Crippen molar-refractivity contribution in [1.29, 1.82) is 0 Å². The van der Waals surface area contributed by atoms with Crippen molar-refractivity contribution in [3.05, 3.63) is 17.0 Å². The highest BCUT2D eigenvalue weighted by Gasteiger charge is 2.12. The van der Waals surface area contributed by atoms with Crippen LogP contribution in [0.5, 0.6) is 0 Å². The van der Waals surface area contributed by atoms with Crippen molar-refractivity contribution in [2.45, 2.75) is 46.6 Å². The highest BCUT2D eigenvalue weighted by atomic mass is 15.3. The third-order valence-corrected chi connectivity index (χ3v) is 2.91. The Kier molecular flexibility index (Phi) is 4.33. The van der Waals surface area contributed by atoms with Crippen molar-refractivity contribution in [1.82, 2.24) is 15.1 Å². The lowest BCUT2D eigenvalue weighted by Gasteiger charge is -2.13. The standard InChI is InChI=1S/C12H23N3/c1-6-7-13-9(2)8-12-10(3)14-15(5)11(12)4/h9,13H,6-8H2,1-5H3. The second-order valence-corrected chi connectivity index (χ2v) is 4.33. The van der Waals surface area contributed by atoms with E-state index in [9.17, 15) is 0 Å². The Labute approximate surface area is 92.9 Å². The Morgan fingerprint density at radius 3 is 2.53 bits per heavy atom. The van der Waals surface area contributed by atoms with Crippen LogP contribution in [0.15, 0.2) is 0 Å². The monoisotopic (exact) mass is 209 g/mol. The van der Waals surface area contributed by atoms with Gasteiger partial charge in [0, 0.05) is 18.8 Å². The van der Waals surface area contributed by atoms with E-state index < -0.39 is 0 Å². The van der Waals surface area contributed by atoms with Gasteiger partial charge < -0.3 is 5.32 Å². The molecule has 1 heterocycles. The molecular weight excluding hydrogens is 186 g/mol. The largest absolute Gasteiger partial charge is 0.314 e. The van der Waals surface area contributed by atoms with E-state index in [1.165, 1.54) is 23.4 Å². The average molecular weight is 209 g/mol. The molecule has 0 saturated carbocycles. The minimum atomic E-state index is 0.534. The number of nitrogens with one attached hydrogen (secondary N) is 1. The van der Waals surface area contributed by atoms with Gasteiger partial charge in [0.1, 0.15) is 0 Å². The van der Waals surface area contributed by atoms with Crippen LogP contribution in [0.25, 0.3) is 0 Å². The molecule has 1 aromatic rings. The Balaban J connectivity index is 2.63. The van der Waals surface area contributed by atoms with E-state index in [1.54, 1.807) is 0 Å². The normalized spacial score (nSPS) is 13.1. The molecule has 3 nitrogen and oxygen atoms in total. The molecule has 0 radical (unpaired) electrons. The van der Waals surface area contributed by atoms with E-state index in [2.05, 4.69) is 38.1 Å². The zero-order valence-electron chi connectivity index (χ0n) is 10.6. The van der Waals surface area contributed by atoms with Crippen molar-refractivity contribution in [3.63, 3.8) is 0 Å². The molecule has 1 aromatic heterocycles. The first-order valence-electron chi connectivity index (χ1n) is 5.78. The first-order valence-corrected chi connectivity index (χ1v) is 5.78. The summed E-state index contributed by atoms with van der Waals surface area (Å²) in [5.74, 6) is 0. The predicted molar refractivity (Wildman–Crippen MR) is 64.1 cm³/mol. The lowest BCUT2D eigenvalue weighted by molar-refractivity contribution is 0.541. The number of aryl methyl sites for hydroxylation is 2. The fourth-order valence-corrected chi connectivity index (χ4v) is 1.88. The van der Waals surface area contributed by atoms with Crippen LogP contribution in [0.2, 0.25) is 0 Å². The maximum Gasteiger partial charge on any atom is 0.0628 e. The van der Waals surface area contributed by atoms with E-state index >= 15 is 0 Å². The molecule has 86 valence electrons. The minimum absolute atomic E-state index is 0.534. The Morgan fingerprint density at radius 2 is 2.07 bits per heavy atom. The van der Waals surface area contributed by atoms with Gasteiger partial charge in [-0.1, -0.05) is 6.92 Å². The zero-order valence-corrected chi connectivity index (χ0v) is 10.6. The Hall–Kier alpha value is -0.830. The topological polar surface area (TPSA) is 29.9 Å². The fourth-order valence-electron chi connectivity index (χ4n) is 1.88. The number of nitrogens with zero attached hydrogens (tertiary/aromatic N) is 2. The van der Waals surface area contributed by atoms with Crippen LogP contribution in [-0.2, 0) is 13.5 Å². The van der Waals surface area contributed by atoms with E-state index in [1.807, 2.05) is 11.7 Å². The van der Waals surface area contributed by atoms with Gasteiger partial charge in [-0.05, 0) is 45.7 Å². The summed E-state index contributed by atoms with van der Waals surface area (Å²) in [5.41, 5.74) is 3.85. The van der Waals surface area contributed by atoms with Crippen molar-refractivity contribution < 1.29 is 0 Å². The summed E-state index contributed by atoms with van der Waals surface area (Å²) in [4.78, 5) is 0. The zero-order chi connectivity index (χ0) is 11.4. The van der Waals surface area contributed by atoms with Gasteiger partial charge in [0.2, 0.25) is 0 Å². The molecule has 15 heavy (non-hydrogen) atoms. The third-order valence-electron chi connectivity index (χ3n) is 2.91. The van der Waals surface area contributed by atoms with Crippen molar-refractivity contribution in [3.8, 4) is 0 Å². The highest BCUT2D eigenvalue weighted by Crippen LogP contribution is 2.13. The van der Waals surface area contributed by atoms with E-state index in [0.717, 1.165) is 13.0 Å². The smallest absolute Gasteiger partial charge is 0.0628 e. The lowest BCUT2D eigenvalue weighted by Crippen LogP contribution is -2.29. The van der Waals surface area contributed by atoms with Gasteiger partial charge in [-0.2, -0.15) is 5.10 Å². The number of hydrogen-bond donors (Lipinski definition) is 1. The highest BCUT2D eigenvalue weighted by molar-refractivity contribution is 5.25. The van der Waals surface area contributed by atoms with Gasteiger partial charge in [0.25, 0.3) is 0 Å². The molecule has 0 fully saturated rings. The van der Waals surface area contributed by atoms with Crippen molar-refractivity contribution in [2.24, 2.45) is 7.05 Å². The number of hydrogen-bond acceptors (Lipinski definition) is 2. The Morgan fingerprint density at radius 1 is 1.40 bits per heavy atom. The molecular formula is C12H23N3. The summed E-state index contributed by atoms with van der Waals surface area (Å²) in [7, 11) is 2.01. The molecule has 0 amide bonds. The van der Waals surface area contributed by atoms with Gasteiger partial charge in [-0.25, -0.2) is 0 Å². The van der Waals surface area contributed by atoms with Gasteiger partial charge >= 0.3 is 0 Å². The van der Waals surface area contributed by atoms with Crippen LogP contribution in [0, 0.1) is 13.8 Å². The van der Waals surface area contributed by atoms with E-state index in [4.69, 9.17) is 0 Å². The lowest BCUT2D eigenvalue weighted by atomic mass is 10.1. The summed E-state index contributed by atoms with van der Waals surface area (Å²) < 4.78 is 1.97. The molecule has 0 aromatic carbocycles. The predicted octanol–water partition coefficient (Wildman–Crippen LogP) is 1.97. The maximum absolute atomic E-state index is 4.43. The molecule has 1 rings (SSSR count). The van der Waals surface area contributed by atoms with Crippen LogP contribution in [0.3, 0.4) is 0 Å². The average Bonchev–Trinajstić information content (AvgIpc) is 2.42. The maximum atomic E-state index is 4.43. The van der Waals surface area contributed by atoms with Crippen molar-refractivity contribution >= 4 is 0 Å². The third kappa shape index (κ3) is 3.06. The quantitative estimate of drug-likeness (QED) is 0.803. The fraction of sp³-hybridized carbons (Fsp3) is 0.750. The van der Waals surface area contributed by atoms with Crippen LogP contribution < -0.4 is 5.32 Å². The molecule has 1 unspecified atom stereocenters. The van der Waals surface area contributed by atoms with Crippen LogP contribution >= 0.6 is 0 Å². The number of aromatic nitrogens is 2. The second-order valence-electron chi connectivity index (χ2n) is 4.33. The summed E-state index contributed by atoms with van der Waals surface area (Å²) in [5, 5.41) is 7.94. The van der Waals surface area contributed by atoms with Gasteiger partial charge in [-0.3, -0.25) is 4.68 Å². The molecule has 3 heteroatoms. The molecule has 1 atom stereocenters. The van der Waals surface area contributed by atoms with Crippen LogP contribution in [-0.4, -0.2) is 22.4 Å². The van der Waals surface area contributed by atoms with Gasteiger partial charge in [0.05, 0.1) is 5.69 Å². The first-order chi connectivity index (χ1) is 7.06. The summed E-state index contributed by atoms with van der Waals surface area (Å²) in [6.07, 6.45) is 2.26. The molecule has 0 saturated heterocycles. The molecule has 1 N–H and O–H groups in total. The SMILES string of the molecule is CCCNC(C)Cc1c(C)nn(C)c1C. The Bertz CT molecular complexity index is 315. The van der Waals surface area contributed by atoms with Crippen molar-refractivity contribution in [2.75, 3.05) is 6.54 Å². The summed E-state index contributed by atoms with van der Waals surface area (Å²) in [6.45, 7) is 9.76. The first kappa shape index (κ1) is 12.2. The molecule has 0 aliphatic heterocycles. The minimum Gasteiger partial charge on any atom is -0.314 e. The summed E-state index contributed by atoms with van der Waals surface area (Å²) in [6, 6.07) is 0.534. The molecule has 0 aliphatic rings. The van der Waals surface area contributed by atoms with E-state index in [0.29, 0.717) is 6.04 Å². The van der Waals surface area contributed by atoms with Gasteiger partial charge in [0.15, 0.2) is 0 Å². The second kappa shape index (κ2) is 5.31. The number of rotatable bonds is 5. The summed E-state index contributed by atoms with van der Waals surface area (Å²) >= 11 is 0. The molecule has 0 spiro atoms. The van der Waals surface area contributed by atoms with Crippen LogP contribution in [0.4, 0.5) is 0 Å². The molecule has 0 bridgehead atoms. The van der Waals surface area contributed by atoms with Gasteiger partial charge in [-0.15, -0.1) is 0 Å². The van der Waals surface area contributed by atoms with E-state index in [-0.39, 0.29) is 0 Å². The van der Waals surface area contributed by atoms with Crippen LogP contribution in [0.1, 0.15) is 37.2 Å².